The van der Waals surface area contributed by atoms with E-state index in [1.54, 1.807) is 49.7 Å². The van der Waals surface area contributed by atoms with E-state index in [0.29, 0.717) is 39.8 Å². The van der Waals surface area contributed by atoms with Crippen LogP contribution in [0.2, 0.25) is 0 Å². The number of carbonyl (C=O) groups is 2. The highest BCUT2D eigenvalue weighted by atomic mass is 32.2. The topological polar surface area (TPSA) is 129 Å². The number of fused-ring (bicyclic) bond motifs is 3. The molecular weight excluding hydrogens is 526 g/mol. The molecule has 4 rings (SSSR count). The second-order valence-electron chi connectivity index (χ2n) is 10.1. The molecule has 3 aromatic rings. The van der Waals surface area contributed by atoms with Gasteiger partial charge in [-0.25, -0.2) is 13.9 Å². The maximum atomic E-state index is 13.7. The fourth-order valence-electron chi connectivity index (χ4n) is 4.96. The Kier molecular flexibility index (Phi) is 8.71. The third-order valence-electron chi connectivity index (χ3n) is 6.93. The Labute approximate surface area is 227 Å². The standard InChI is InChI=1S/C27H35N3O6S2/c1-4-5-6-7-8-9-24(31)28-18-10-12-20-21-17-19(11-13-22(21)36-23(20)16-18)38(34,35)30-14-15-37-27(2,3)25(30)26(32)29-33/h10-13,16-17,25,33H,4-9,14-15H2,1-3H3,(H,28,31)(H,29,32). The molecule has 0 aliphatic carbocycles. The van der Waals surface area contributed by atoms with E-state index >= 15 is 0 Å². The van der Waals surface area contributed by atoms with Crippen molar-refractivity contribution < 1.29 is 27.6 Å². The summed E-state index contributed by atoms with van der Waals surface area (Å²) in [5, 5.41) is 13.5. The first-order valence-corrected chi connectivity index (χ1v) is 15.4. The molecule has 1 saturated heterocycles. The number of rotatable bonds is 10. The van der Waals surface area contributed by atoms with E-state index < -0.39 is 26.7 Å². The third kappa shape index (κ3) is 5.85. The fourth-order valence-corrected chi connectivity index (χ4v) is 8.10. The van der Waals surface area contributed by atoms with Gasteiger partial charge in [-0.3, -0.25) is 14.8 Å². The Morgan fingerprint density at radius 3 is 2.58 bits per heavy atom. The Hall–Kier alpha value is -2.60. The van der Waals surface area contributed by atoms with Crippen molar-refractivity contribution in [2.75, 3.05) is 17.6 Å². The van der Waals surface area contributed by atoms with Crippen LogP contribution in [0.4, 0.5) is 5.69 Å². The maximum Gasteiger partial charge on any atom is 0.263 e. The molecule has 206 valence electrons. The quantitative estimate of drug-likeness (QED) is 0.175. The number of anilines is 1. The molecule has 1 aromatic heterocycles. The average molecular weight is 562 g/mol. The molecule has 0 radical (unpaired) electrons. The normalized spacial score (nSPS) is 18.1. The minimum absolute atomic E-state index is 0.0339. The molecule has 2 aromatic carbocycles. The van der Waals surface area contributed by atoms with E-state index in [1.807, 2.05) is 0 Å². The second-order valence-corrected chi connectivity index (χ2v) is 13.8. The van der Waals surface area contributed by atoms with Crippen molar-refractivity contribution >= 4 is 61.2 Å². The van der Waals surface area contributed by atoms with Gasteiger partial charge in [0.1, 0.15) is 17.2 Å². The minimum atomic E-state index is -4.07. The summed E-state index contributed by atoms with van der Waals surface area (Å²) >= 11 is 1.48. The van der Waals surface area contributed by atoms with Crippen LogP contribution >= 0.6 is 11.8 Å². The minimum Gasteiger partial charge on any atom is -0.456 e. The van der Waals surface area contributed by atoms with Crippen LogP contribution in [0.15, 0.2) is 45.7 Å². The number of hydrogen-bond donors (Lipinski definition) is 3. The number of carbonyl (C=O) groups excluding carboxylic acids is 2. The Balaban J connectivity index is 1.59. The van der Waals surface area contributed by atoms with Crippen LogP contribution < -0.4 is 10.8 Å². The van der Waals surface area contributed by atoms with E-state index in [-0.39, 0.29) is 17.3 Å². The van der Waals surface area contributed by atoms with Crippen LogP contribution in [0.1, 0.15) is 59.3 Å². The molecule has 1 fully saturated rings. The third-order valence-corrected chi connectivity index (χ3v) is 10.1. The zero-order chi connectivity index (χ0) is 27.5. The van der Waals surface area contributed by atoms with Crippen LogP contribution in [0.3, 0.4) is 0 Å². The van der Waals surface area contributed by atoms with Gasteiger partial charge in [-0.05, 0) is 50.6 Å². The fraction of sp³-hybridized carbons (Fsp3) is 0.481. The second kappa shape index (κ2) is 11.6. The number of hydrogen-bond acceptors (Lipinski definition) is 7. The summed E-state index contributed by atoms with van der Waals surface area (Å²) in [7, 11) is -4.07. The average Bonchev–Trinajstić information content (AvgIpc) is 3.24. The highest BCUT2D eigenvalue weighted by Gasteiger charge is 2.48. The van der Waals surface area contributed by atoms with Gasteiger partial charge in [0.15, 0.2) is 0 Å². The first kappa shape index (κ1) is 28.4. The zero-order valence-corrected chi connectivity index (χ0v) is 23.6. The van der Waals surface area contributed by atoms with Gasteiger partial charge in [-0.15, -0.1) is 0 Å². The van der Waals surface area contributed by atoms with Crippen molar-refractivity contribution in [3.8, 4) is 0 Å². The molecule has 1 aliphatic rings. The van der Waals surface area contributed by atoms with Crippen LogP contribution in [-0.4, -0.2) is 52.8 Å². The first-order chi connectivity index (χ1) is 18.1. The van der Waals surface area contributed by atoms with Crippen molar-refractivity contribution in [3.63, 3.8) is 0 Å². The molecule has 1 atom stereocenters. The summed E-state index contributed by atoms with van der Waals surface area (Å²) in [5.74, 6) is -0.295. The molecule has 1 unspecified atom stereocenters. The molecule has 2 amide bonds. The molecule has 38 heavy (non-hydrogen) atoms. The maximum absolute atomic E-state index is 13.7. The molecule has 0 bridgehead atoms. The molecular formula is C27H35N3O6S2. The predicted molar refractivity (Wildman–Crippen MR) is 150 cm³/mol. The van der Waals surface area contributed by atoms with E-state index in [2.05, 4.69) is 12.2 Å². The van der Waals surface area contributed by atoms with Crippen LogP contribution in [-0.2, 0) is 19.6 Å². The van der Waals surface area contributed by atoms with Gasteiger partial charge < -0.3 is 9.73 Å². The number of furan rings is 1. The van der Waals surface area contributed by atoms with Crippen molar-refractivity contribution in [3.05, 3.63) is 36.4 Å². The highest BCUT2D eigenvalue weighted by molar-refractivity contribution is 8.01. The van der Waals surface area contributed by atoms with Gasteiger partial charge >= 0.3 is 0 Å². The molecule has 2 heterocycles. The number of sulfonamides is 1. The Morgan fingerprint density at radius 1 is 1.08 bits per heavy atom. The van der Waals surface area contributed by atoms with Gasteiger partial charge in [0.25, 0.3) is 5.91 Å². The van der Waals surface area contributed by atoms with Crippen molar-refractivity contribution in [1.29, 1.82) is 0 Å². The van der Waals surface area contributed by atoms with Crippen LogP contribution in [0.5, 0.6) is 0 Å². The lowest BCUT2D eigenvalue weighted by molar-refractivity contribution is -0.134. The molecule has 1 aliphatic heterocycles. The molecule has 0 spiro atoms. The monoisotopic (exact) mass is 561 g/mol. The van der Waals surface area contributed by atoms with Gasteiger partial charge in [-0.2, -0.15) is 16.1 Å². The first-order valence-electron chi connectivity index (χ1n) is 12.9. The highest BCUT2D eigenvalue weighted by Crippen LogP contribution is 2.39. The smallest absolute Gasteiger partial charge is 0.263 e. The van der Waals surface area contributed by atoms with E-state index in [4.69, 9.17) is 4.42 Å². The molecule has 11 heteroatoms. The largest absolute Gasteiger partial charge is 0.456 e. The number of benzene rings is 2. The number of thioether (sulfide) groups is 1. The summed E-state index contributed by atoms with van der Waals surface area (Å²) < 4.78 is 33.8. The SMILES string of the molecule is CCCCCCCC(=O)Nc1ccc2c(c1)oc1ccc(S(=O)(=O)N3CCSC(C)(C)C3C(=O)NO)cc12. The number of amides is 2. The molecule has 0 saturated carbocycles. The van der Waals surface area contributed by atoms with E-state index in [1.165, 1.54) is 24.2 Å². The van der Waals surface area contributed by atoms with Gasteiger partial charge in [0.05, 0.1) is 4.90 Å². The number of nitrogens with zero attached hydrogens (tertiary/aromatic N) is 1. The Bertz CT molecular complexity index is 1430. The Morgan fingerprint density at radius 2 is 1.84 bits per heavy atom. The van der Waals surface area contributed by atoms with Gasteiger partial charge in [-0.1, -0.05) is 32.6 Å². The van der Waals surface area contributed by atoms with E-state index in [0.717, 1.165) is 30.0 Å². The number of unbranched alkanes of at least 4 members (excludes halogenated alkanes) is 4. The lowest BCUT2D eigenvalue weighted by Crippen LogP contribution is -2.61. The summed E-state index contributed by atoms with van der Waals surface area (Å²) in [5.41, 5.74) is 3.29. The summed E-state index contributed by atoms with van der Waals surface area (Å²) in [6.45, 7) is 5.87. The van der Waals surface area contributed by atoms with Crippen LogP contribution in [0, 0.1) is 0 Å². The number of hydroxylamine groups is 1. The predicted octanol–water partition coefficient (Wildman–Crippen LogP) is 5.28. The summed E-state index contributed by atoms with van der Waals surface area (Å²) in [6.07, 6.45) is 5.83. The van der Waals surface area contributed by atoms with E-state index in [9.17, 15) is 23.2 Å². The number of nitrogens with one attached hydrogen (secondary N) is 2. The van der Waals surface area contributed by atoms with Crippen molar-refractivity contribution in [2.45, 2.75) is 75.0 Å². The molecule has 9 nitrogen and oxygen atoms in total. The summed E-state index contributed by atoms with van der Waals surface area (Å²) in [4.78, 5) is 24.9. The lowest BCUT2D eigenvalue weighted by atomic mass is 10.0. The zero-order valence-electron chi connectivity index (χ0n) is 22.0. The van der Waals surface area contributed by atoms with Gasteiger partial charge in [0, 0.05) is 46.0 Å². The van der Waals surface area contributed by atoms with Gasteiger partial charge in [0.2, 0.25) is 15.9 Å². The summed E-state index contributed by atoms with van der Waals surface area (Å²) in [6, 6.07) is 8.85. The lowest BCUT2D eigenvalue weighted by Gasteiger charge is -2.43. The van der Waals surface area contributed by atoms with Crippen LogP contribution in [0.25, 0.3) is 21.9 Å². The van der Waals surface area contributed by atoms with Crippen molar-refractivity contribution in [1.82, 2.24) is 9.79 Å². The van der Waals surface area contributed by atoms with Crippen molar-refractivity contribution in [2.24, 2.45) is 0 Å². The molecule has 3 N–H and O–H groups in total.